The fourth-order valence-electron chi connectivity index (χ4n) is 6.19. The van der Waals surface area contributed by atoms with Gasteiger partial charge in [0.1, 0.15) is 17.0 Å². The van der Waals surface area contributed by atoms with Gasteiger partial charge < -0.3 is 44.1 Å². The molecule has 0 saturated carbocycles. The monoisotopic (exact) mass is 835 g/mol. The van der Waals surface area contributed by atoms with Crippen LogP contribution in [0.25, 0.3) is 0 Å². The van der Waals surface area contributed by atoms with E-state index in [0.29, 0.717) is 38.2 Å². The molecule has 55 heavy (non-hydrogen) atoms. The molecule has 19 nitrogen and oxygen atoms in total. The highest BCUT2D eigenvalue weighted by Gasteiger charge is 2.44. The standard InChI is InChI=1S/C17H22N4O6.C13H21NO4.C5H3BrN2O2/c1-17(2,3)27-16(23)20-12-6-15(22)19(8-13(20)10-26-9-12)11-4-5-14(18-7-11)21(24)25;1-13(2,3)18-12(16)14-9-4-5-11(15)6-10(14)8-17-7-9;6-4-1-2-5(7-3-4)8(9)10/h4-5,7,12-13H,6,8-10H2,1-3H3;9-10H,4-8H2,1-3H3;1-3H. The number of halogens is 1. The van der Waals surface area contributed by atoms with Crippen molar-refractivity contribution in [3.05, 3.63) is 61.4 Å². The molecule has 2 aromatic rings. The summed E-state index contributed by atoms with van der Waals surface area (Å²) < 4.78 is 22.7. The van der Waals surface area contributed by atoms with Crippen LogP contribution in [0.4, 0.5) is 26.9 Å². The SMILES string of the molecule is CC(C)(C)OC(=O)N1C2CCC(=O)CC1COC2.CC(C)(C)OC(=O)N1C2COCC1CN(c1ccc([N+](=O)[O-])nc1)C(=O)C2.O=[N+]([O-])c1ccc(Br)cn1. The van der Waals surface area contributed by atoms with E-state index >= 15 is 0 Å². The van der Waals surface area contributed by atoms with Crippen LogP contribution in [0.3, 0.4) is 0 Å². The Morgan fingerprint density at radius 3 is 1.75 bits per heavy atom. The Kier molecular flexibility index (Phi) is 14.2. The molecule has 4 fully saturated rings. The maximum absolute atomic E-state index is 12.8. The van der Waals surface area contributed by atoms with E-state index in [-0.39, 0.29) is 73.7 Å². The molecule has 4 aliphatic rings. The Bertz CT molecular complexity index is 1720. The minimum atomic E-state index is -0.648. The van der Waals surface area contributed by atoms with Crippen molar-refractivity contribution in [1.82, 2.24) is 19.8 Å². The topological polar surface area (TPSA) is 227 Å². The molecule has 0 aromatic carbocycles. The first-order chi connectivity index (χ1) is 25.7. The molecule has 4 saturated heterocycles. The first-order valence-electron chi connectivity index (χ1n) is 17.6. The summed E-state index contributed by atoms with van der Waals surface area (Å²) in [5.74, 6) is -0.416. The molecule has 0 N–H and O–H groups in total. The number of fused-ring (bicyclic) bond motifs is 4. The van der Waals surface area contributed by atoms with Crippen molar-refractivity contribution in [3.63, 3.8) is 0 Å². The van der Waals surface area contributed by atoms with Gasteiger partial charge in [0.2, 0.25) is 5.91 Å². The van der Waals surface area contributed by atoms with Crippen LogP contribution in [0.15, 0.2) is 41.1 Å². The molecule has 4 bridgehead atoms. The zero-order chi connectivity index (χ0) is 40.7. The van der Waals surface area contributed by atoms with Gasteiger partial charge in [0, 0.05) is 37.9 Å². The van der Waals surface area contributed by atoms with Crippen molar-refractivity contribution in [2.75, 3.05) is 37.9 Å². The summed E-state index contributed by atoms with van der Waals surface area (Å²) in [5.41, 5.74) is -0.713. The van der Waals surface area contributed by atoms with Gasteiger partial charge in [-0.2, -0.15) is 0 Å². The van der Waals surface area contributed by atoms with Crippen molar-refractivity contribution in [2.24, 2.45) is 0 Å². The van der Waals surface area contributed by atoms with Crippen LogP contribution < -0.4 is 4.90 Å². The summed E-state index contributed by atoms with van der Waals surface area (Å²) in [6, 6.07) is 4.68. The van der Waals surface area contributed by atoms with Crippen molar-refractivity contribution in [2.45, 2.75) is 103 Å². The van der Waals surface area contributed by atoms with Gasteiger partial charge in [0.25, 0.3) is 0 Å². The first-order valence-corrected chi connectivity index (χ1v) is 18.4. The summed E-state index contributed by atoms with van der Waals surface area (Å²) in [5, 5.41) is 20.8. The van der Waals surface area contributed by atoms with Crippen LogP contribution >= 0.6 is 15.9 Å². The van der Waals surface area contributed by atoms with Crippen molar-refractivity contribution >= 4 is 57.1 Å². The number of ether oxygens (including phenoxy) is 4. The molecule has 20 heteroatoms. The van der Waals surface area contributed by atoms with E-state index in [0.717, 1.165) is 4.47 Å². The van der Waals surface area contributed by atoms with Crippen molar-refractivity contribution in [3.8, 4) is 0 Å². The second-order valence-electron chi connectivity index (χ2n) is 15.2. The Balaban J connectivity index is 0.000000205. The summed E-state index contributed by atoms with van der Waals surface area (Å²) in [4.78, 5) is 81.1. The summed E-state index contributed by atoms with van der Waals surface area (Å²) in [7, 11) is 0. The number of hydrogen-bond acceptors (Lipinski definition) is 14. The van der Waals surface area contributed by atoms with E-state index in [1.807, 2.05) is 20.8 Å². The fraction of sp³-hybridized carbons (Fsp3) is 0.600. The van der Waals surface area contributed by atoms with Crippen LogP contribution in [0, 0.1) is 20.2 Å². The molecule has 2 aromatic heterocycles. The number of hydrogen-bond donors (Lipinski definition) is 0. The summed E-state index contributed by atoms with van der Waals surface area (Å²) >= 11 is 3.11. The average molecular weight is 837 g/mol. The number of anilines is 1. The Hall–Kier alpha value is -4.82. The van der Waals surface area contributed by atoms with E-state index in [1.54, 1.807) is 36.6 Å². The maximum atomic E-state index is 12.8. The van der Waals surface area contributed by atoms with Gasteiger partial charge in [-0.3, -0.25) is 19.4 Å². The highest BCUT2D eigenvalue weighted by atomic mass is 79.9. The normalized spacial score (nSPS) is 22.4. The number of rotatable bonds is 3. The lowest BCUT2D eigenvalue weighted by Gasteiger charge is -2.40. The molecule has 4 unspecified atom stereocenters. The zero-order valence-corrected chi connectivity index (χ0v) is 33.1. The number of pyridine rings is 2. The minimum Gasteiger partial charge on any atom is -0.444 e. The number of aromatic nitrogens is 2. The Labute approximate surface area is 326 Å². The van der Waals surface area contributed by atoms with Gasteiger partial charge >= 0.3 is 23.8 Å². The molecule has 4 aliphatic heterocycles. The number of Topliss-reactive ketones (excluding diaryl/α,β-unsaturated/α-hetero) is 1. The molecule has 6 rings (SSSR count). The van der Waals surface area contributed by atoms with Crippen LogP contribution in [-0.2, 0) is 28.5 Å². The van der Waals surface area contributed by atoms with Crippen LogP contribution in [0.5, 0.6) is 0 Å². The molecule has 0 aliphatic carbocycles. The van der Waals surface area contributed by atoms with Gasteiger partial charge in [-0.05, 0) is 95.8 Å². The quantitative estimate of drug-likeness (QED) is 0.285. The number of carbonyl (C=O) groups excluding carboxylic acids is 4. The minimum absolute atomic E-state index is 0.0231. The third-order valence-electron chi connectivity index (χ3n) is 8.48. The summed E-state index contributed by atoms with van der Waals surface area (Å²) in [6.45, 7) is 12.6. The smallest absolute Gasteiger partial charge is 0.411 e. The van der Waals surface area contributed by atoms with Gasteiger partial charge in [0.05, 0.1) is 60.8 Å². The van der Waals surface area contributed by atoms with E-state index in [2.05, 4.69) is 25.9 Å². The van der Waals surface area contributed by atoms with Crippen LogP contribution in [0.2, 0.25) is 0 Å². The lowest BCUT2D eigenvalue weighted by molar-refractivity contribution is -0.389. The second kappa shape index (κ2) is 18.2. The third kappa shape index (κ3) is 12.3. The first kappa shape index (κ1) is 42.9. The summed E-state index contributed by atoms with van der Waals surface area (Å²) in [6.07, 6.45) is 3.55. The largest absolute Gasteiger partial charge is 0.444 e. The molecule has 0 spiro atoms. The molecule has 6 heterocycles. The number of nitro groups is 2. The van der Waals surface area contributed by atoms with Crippen molar-refractivity contribution in [1.29, 1.82) is 0 Å². The number of ketones is 1. The zero-order valence-electron chi connectivity index (χ0n) is 31.5. The molecular formula is C35H46BrN7O12. The third-order valence-corrected chi connectivity index (χ3v) is 8.95. The molecule has 3 amide bonds. The molecular weight excluding hydrogens is 790 g/mol. The van der Waals surface area contributed by atoms with E-state index in [1.165, 1.54) is 35.5 Å². The van der Waals surface area contributed by atoms with Gasteiger partial charge in [-0.25, -0.2) is 9.59 Å². The van der Waals surface area contributed by atoms with Gasteiger partial charge in [-0.1, -0.05) is 0 Å². The molecule has 4 atom stereocenters. The van der Waals surface area contributed by atoms with Gasteiger partial charge in [0.15, 0.2) is 12.4 Å². The van der Waals surface area contributed by atoms with Gasteiger partial charge in [-0.15, -0.1) is 0 Å². The van der Waals surface area contributed by atoms with E-state index in [4.69, 9.17) is 18.9 Å². The lowest BCUT2D eigenvalue weighted by atomic mass is 10.1. The van der Waals surface area contributed by atoms with E-state index in [9.17, 15) is 39.4 Å². The molecule has 300 valence electrons. The van der Waals surface area contributed by atoms with E-state index < -0.39 is 33.2 Å². The number of amides is 3. The number of nitrogens with zero attached hydrogens (tertiary/aromatic N) is 7. The average Bonchev–Trinajstić information content (AvgIpc) is 3.23. The number of carbonyl (C=O) groups is 4. The highest BCUT2D eigenvalue weighted by Crippen LogP contribution is 2.29. The van der Waals surface area contributed by atoms with Crippen LogP contribution in [0.1, 0.15) is 67.2 Å². The Morgan fingerprint density at radius 2 is 1.25 bits per heavy atom. The highest BCUT2D eigenvalue weighted by molar-refractivity contribution is 9.10. The van der Waals surface area contributed by atoms with Crippen molar-refractivity contribution < 1.29 is 48.0 Å². The maximum Gasteiger partial charge on any atom is 0.411 e. The fourth-order valence-corrected chi connectivity index (χ4v) is 6.42. The number of morpholine rings is 2. The lowest BCUT2D eigenvalue weighted by Crippen LogP contribution is -2.57. The predicted octanol–water partition coefficient (Wildman–Crippen LogP) is 5.23. The van der Waals surface area contributed by atoms with Crippen LogP contribution in [-0.4, -0.2) is 122 Å². The second-order valence-corrected chi connectivity index (χ2v) is 16.1. The Morgan fingerprint density at radius 1 is 0.764 bits per heavy atom. The predicted molar refractivity (Wildman–Crippen MR) is 198 cm³/mol. The molecule has 0 radical (unpaired) electrons.